The highest BCUT2D eigenvalue weighted by Gasteiger charge is 2.17. The molecule has 1 atom stereocenters. The molecule has 0 fully saturated rings. The maximum absolute atomic E-state index is 12.1. The molecular formula is C16H14N4O2. The molecule has 0 saturated carbocycles. The van der Waals surface area contributed by atoms with E-state index in [-0.39, 0.29) is 11.9 Å². The van der Waals surface area contributed by atoms with Crippen molar-refractivity contribution in [2.45, 2.75) is 13.0 Å². The van der Waals surface area contributed by atoms with E-state index in [0.29, 0.717) is 17.3 Å². The third-order valence-electron chi connectivity index (χ3n) is 3.13. The molecule has 0 aliphatic heterocycles. The SMILES string of the molecule is C[C@@H](NC(=O)c1ccncc1)c1nc(-c2ccccc2)no1. The Labute approximate surface area is 127 Å². The van der Waals surface area contributed by atoms with E-state index < -0.39 is 0 Å². The molecule has 2 aromatic heterocycles. The second-order valence-electron chi connectivity index (χ2n) is 4.75. The Hall–Kier alpha value is -3.02. The number of nitrogens with one attached hydrogen (secondary N) is 1. The molecule has 3 aromatic rings. The zero-order valence-corrected chi connectivity index (χ0v) is 11.9. The smallest absolute Gasteiger partial charge is 0.252 e. The number of benzene rings is 1. The highest BCUT2D eigenvalue weighted by molar-refractivity contribution is 5.94. The summed E-state index contributed by atoms with van der Waals surface area (Å²) in [6.45, 7) is 1.79. The molecule has 22 heavy (non-hydrogen) atoms. The number of pyridine rings is 1. The molecule has 1 N–H and O–H groups in total. The minimum absolute atomic E-state index is 0.214. The Morgan fingerprint density at radius 1 is 1.14 bits per heavy atom. The van der Waals surface area contributed by atoms with Crippen molar-refractivity contribution in [2.75, 3.05) is 0 Å². The van der Waals surface area contributed by atoms with Crippen LogP contribution in [0.3, 0.4) is 0 Å². The van der Waals surface area contributed by atoms with Gasteiger partial charge in [-0.15, -0.1) is 0 Å². The molecule has 2 heterocycles. The van der Waals surface area contributed by atoms with Crippen LogP contribution in [0.25, 0.3) is 11.4 Å². The molecule has 0 spiro atoms. The van der Waals surface area contributed by atoms with E-state index in [0.717, 1.165) is 5.56 Å². The van der Waals surface area contributed by atoms with E-state index >= 15 is 0 Å². The third-order valence-corrected chi connectivity index (χ3v) is 3.13. The summed E-state index contributed by atoms with van der Waals surface area (Å²) in [6, 6.07) is 12.4. The van der Waals surface area contributed by atoms with Gasteiger partial charge in [-0.1, -0.05) is 35.5 Å². The summed E-state index contributed by atoms with van der Waals surface area (Å²) in [7, 11) is 0. The van der Waals surface area contributed by atoms with Gasteiger partial charge in [0.15, 0.2) is 0 Å². The summed E-state index contributed by atoms with van der Waals surface area (Å²) in [4.78, 5) is 20.3. The van der Waals surface area contributed by atoms with Gasteiger partial charge in [0.2, 0.25) is 11.7 Å². The standard InChI is InChI=1S/C16H14N4O2/c1-11(18-15(21)13-7-9-17-10-8-13)16-19-14(20-22-16)12-5-3-2-4-6-12/h2-11H,1H3,(H,18,21)/t11-/m1/s1. The molecule has 1 amide bonds. The number of rotatable bonds is 4. The topological polar surface area (TPSA) is 80.9 Å². The van der Waals surface area contributed by atoms with Crippen molar-refractivity contribution >= 4 is 5.91 Å². The quantitative estimate of drug-likeness (QED) is 0.800. The number of carbonyl (C=O) groups is 1. The predicted octanol–water partition coefficient (Wildman–Crippen LogP) is 2.62. The van der Waals surface area contributed by atoms with Crippen molar-refractivity contribution in [3.8, 4) is 11.4 Å². The molecule has 110 valence electrons. The van der Waals surface area contributed by atoms with Gasteiger partial charge in [0.05, 0.1) is 0 Å². The second kappa shape index (κ2) is 6.17. The summed E-state index contributed by atoms with van der Waals surface area (Å²) >= 11 is 0. The third kappa shape index (κ3) is 3.01. The molecule has 0 aliphatic rings. The molecule has 6 nitrogen and oxygen atoms in total. The highest BCUT2D eigenvalue weighted by Crippen LogP contribution is 2.18. The van der Waals surface area contributed by atoms with Gasteiger partial charge in [-0.3, -0.25) is 9.78 Å². The Morgan fingerprint density at radius 3 is 2.59 bits per heavy atom. The van der Waals surface area contributed by atoms with Gasteiger partial charge in [-0.05, 0) is 19.1 Å². The van der Waals surface area contributed by atoms with E-state index in [4.69, 9.17) is 4.52 Å². The van der Waals surface area contributed by atoms with Crippen LogP contribution >= 0.6 is 0 Å². The molecule has 6 heteroatoms. The normalized spacial score (nSPS) is 11.9. The van der Waals surface area contributed by atoms with Crippen LogP contribution in [0.1, 0.15) is 29.2 Å². The van der Waals surface area contributed by atoms with Gasteiger partial charge in [-0.25, -0.2) is 0 Å². The van der Waals surface area contributed by atoms with E-state index in [2.05, 4.69) is 20.4 Å². The van der Waals surface area contributed by atoms with E-state index in [1.54, 1.807) is 31.5 Å². The second-order valence-corrected chi connectivity index (χ2v) is 4.75. The first-order chi connectivity index (χ1) is 10.7. The van der Waals surface area contributed by atoms with Crippen molar-refractivity contribution in [1.82, 2.24) is 20.4 Å². The lowest BCUT2D eigenvalue weighted by atomic mass is 10.2. The average Bonchev–Trinajstić information content (AvgIpc) is 3.06. The van der Waals surface area contributed by atoms with Gasteiger partial charge < -0.3 is 9.84 Å². The van der Waals surface area contributed by atoms with Crippen LogP contribution in [0.5, 0.6) is 0 Å². The average molecular weight is 294 g/mol. The van der Waals surface area contributed by atoms with Crippen LogP contribution in [0, 0.1) is 0 Å². The molecule has 0 radical (unpaired) electrons. The molecule has 3 rings (SSSR count). The summed E-state index contributed by atoms with van der Waals surface area (Å²) in [5, 5.41) is 6.75. The zero-order chi connectivity index (χ0) is 15.4. The van der Waals surface area contributed by atoms with Crippen molar-refractivity contribution in [3.63, 3.8) is 0 Å². The molecule has 0 bridgehead atoms. The van der Waals surface area contributed by atoms with Crippen LogP contribution in [0.2, 0.25) is 0 Å². The fraction of sp³-hybridized carbons (Fsp3) is 0.125. The summed E-state index contributed by atoms with van der Waals surface area (Å²) < 4.78 is 5.23. The largest absolute Gasteiger partial charge is 0.341 e. The first kappa shape index (κ1) is 13.9. The fourth-order valence-electron chi connectivity index (χ4n) is 1.96. The van der Waals surface area contributed by atoms with Crippen molar-refractivity contribution in [3.05, 3.63) is 66.3 Å². The van der Waals surface area contributed by atoms with Gasteiger partial charge in [0.1, 0.15) is 6.04 Å². The van der Waals surface area contributed by atoms with E-state index in [1.165, 1.54) is 0 Å². The lowest BCUT2D eigenvalue weighted by molar-refractivity contribution is 0.0932. The van der Waals surface area contributed by atoms with Crippen molar-refractivity contribution in [1.29, 1.82) is 0 Å². The number of carbonyl (C=O) groups excluding carboxylic acids is 1. The number of amides is 1. The first-order valence-electron chi connectivity index (χ1n) is 6.84. The molecule has 1 aromatic carbocycles. The number of nitrogens with zero attached hydrogens (tertiary/aromatic N) is 3. The zero-order valence-electron chi connectivity index (χ0n) is 11.9. The summed E-state index contributed by atoms with van der Waals surface area (Å²) in [6.07, 6.45) is 3.14. The van der Waals surface area contributed by atoms with Gasteiger partial charge in [0.25, 0.3) is 5.91 Å². The van der Waals surface area contributed by atoms with Crippen LogP contribution in [-0.2, 0) is 0 Å². The first-order valence-corrected chi connectivity index (χ1v) is 6.84. The molecule has 0 unspecified atom stereocenters. The van der Waals surface area contributed by atoms with Crippen LogP contribution < -0.4 is 5.32 Å². The number of hydrogen-bond acceptors (Lipinski definition) is 5. The lowest BCUT2D eigenvalue weighted by Gasteiger charge is -2.09. The maximum atomic E-state index is 12.1. The van der Waals surface area contributed by atoms with Gasteiger partial charge in [-0.2, -0.15) is 4.98 Å². The minimum atomic E-state index is -0.384. The van der Waals surface area contributed by atoms with Gasteiger partial charge >= 0.3 is 0 Å². The van der Waals surface area contributed by atoms with Crippen LogP contribution in [0.4, 0.5) is 0 Å². The summed E-state index contributed by atoms with van der Waals surface area (Å²) in [5.74, 6) is 0.649. The molecular weight excluding hydrogens is 280 g/mol. The Morgan fingerprint density at radius 2 is 1.86 bits per heavy atom. The van der Waals surface area contributed by atoms with Crippen molar-refractivity contribution < 1.29 is 9.32 Å². The highest BCUT2D eigenvalue weighted by atomic mass is 16.5. The fourth-order valence-corrected chi connectivity index (χ4v) is 1.96. The number of hydrogen-bond donors (Lipinski definition) is 1. The molecule has 0 aliphatic carbocycles. The van der Waals surface area contributed by atoms with Crippen molar-refractivity contribution in [2.24, 2.45) is 0 Å². The minimum Gasteiger partial charge on any atom is -0.341 e. The predicted molar refractivity (Wildman–Crippen MR) is 79.9 cm³/mol. The number of aromatic nitrogens is 3. The summed E-state index contributed by atoms with van der Waals surface area (Å²) in [5.41, 5.74) is 1.40. The van der Waals surface area contributed by atoms with Crippen LogP contribution in [0.15, 0.2) is 59.4 Å². The monoisotopic (exact) mass is 294 g/mol. The maximum Gasteiger partial charge on any atom is 0.252 e. The Balaban J connectivity index is 1.72. The van der Waals surface area contributed by atoms with Gasteiger partial charge in [0, 0.05) is 23.5 Å². The Bertz CT molecular complexity index is 756. The van der Waals surface area contributed by atoms with Crippen LogP contribution in [-0.4, -0.2) is 21.0 Å². The Kier molecular flexibility index (Phi) is 3.91. The molecule has 0 saturated heterocycles. The van der Waals surface area contributed by atoms with E-state index in [9.17, 15) is 4.79 Å². The lowest BCUT2D eigenvalue weighted by Crippen LogP contribution is -2.26. The van der Waals surface area contributed by atoms with E-state index in [1.807, 2.05) is 30.3 Å².